The third-order valence-electron chi connectivity index (χ3n) is 4.25. The summed E-state index contributed by atoms with van der Waals surface area (Å²) in [6.07, 6.45) is 0. The first-order chi connectivity index (χ1) is 12.5. The quantitative estimate of drug-likeness (QED) is 0.727. The molecule has 5 nitrogen and oxygen atoms in total. The number of aryl methyl sites for hydroxylation is 3. The lowest BCUT2D eigenvalue weighted by atomic mass is 10.1. The zero-order chi connectivity index (χ0) is 18.5. The van der Waals surface area contributed by atoms with Gasteiger partial charge in [-0.1, -0.05) is 35.0 Å². The molecule has 0 saturated carbocycles. The van der Waals surface area contributed by atoms with Crippen molar-refractivity contribution >= 4 is 5.91 Å². The molecule has 0 radical (unpaired) electrons. The van der Waals surface area contributed by atoms with Crippen molar-refractivity contribution < 1.29 is 14.1 Å². The van der Waals surface area contributed by atoms with Crippen LogP contribution in [0.1, 0.15) is 38.5 Å². The third kappa shape index (κ3) is 4.30. The van der Waals surface area contributed by atoms with Crippen molar-refractivity contribution in [1.82, 2.24) is 10.5 Å². The van der Waals surface area contributed by atoms with E-state index in [0.717, 1.165) is 22.6 Å². The third-order valence-corrected chi connectivity index (χ3v) is 4.25. The molecule has 0 unspecified atom stereocenters. The highest BCUT2D eigenvalue weighted by Gasteiger charge is 2.10. The Labute approximate surface area is 153 Å². The summed E-state index contributed by atoms with van der Waals surface area (Å²) in [4.78, 5) is 12.3. The summed E-state index contributed by atoms with van der Waals surface area (Å²) in [5.41, 5.74) is 4.65. The van der Waals surface area contributed by atoms with Gasteiger partial charge in [-0.15, -0.1) is 0 Å². The summed E-state index contributed by atoms with van der Waals surface area (Å²) in [7, 11) is 0. The smallest absolute Gasteiger partial charge is 0.251 e. The van der Waals surface area contributed by atoms with Crippen LogP contribution < -0.4 is 10.1 Å². The Morgan fingerprint density at radius 1 is 1.04 bits per heavy atom. The molecule has 2 aromatic carbocycles. The monoisotopic (exact) mass is 350 g/mol. The van der Waals surface area contributed by atoms with Gasteiger partial charge in [0.05, 0.1) is 11.3 Å². The number of aromatic nitrogens is 1. The molecule has 0 aliphatic carbocycles. The molecular weight excluding hydrogens is 328 g/mol. The van der Waals surface area contributed by atoms with E-state index in [1.54, 1.807) is 24.3 Å². The summed E-state index contributed by atoms with van der Waals surface area (Å²) in [6, 6.07) is 15.2. The fraction of sp³-hybridized carbons (Fsp3) is 0.238. The molecule has 0 atom stereocenters. The van der Waals surface area contributed by atoms with Gasteiger partial charge < -0.3 is 14.6 Å². The highest BCUT2D eigenvalue weighted by atomic mass is 16.5. The Morgan fingerprint density at radius 3 is 2.35 bits per heavy atom. The number of carbonyl (C=O) groups is 1. The summed E-state index contributed by atoms with van der Waals surface area (Å²) in [5, 5.41) is 6.83. The Bertz CT molecular complexity index is 861. The molecule has 134 valence electrons. The number of benzene rings is 2. The average Bonchev–Trinajstić information content (AvgIpc) is 2.97. The molecule has 1 amide bonds. The SMILES string of the molecule is Cc1ccc(CNC(=O)c2ccc(OCc3c(C)noc3C)cc2)cc1. The standard InChI is InChI=1S/C21H22N2O3/c1-14-4-6-17(7-5-14)12-22-21(24)18-8-10-19(11-9-18)25-13-20-15(2)23-26-16(20)3/h4-11H,12-13H2,1-3H3,(H,22,24). The highest BCUT2D eigenvalue weighted by molar-refractivity contribution is 5.94. The normalized spacial score (nSPS) is 10.6. The highest BCUT2D eigenvalue weighted by Crippen LogP contribution is 2.18. The number of carbonyl (C=O) groups excluding carboxylic acids is 1. The van der Waals surface area contributed by atoms with Crippen molar-refractivity contribution in [1.29, 1.82) is 0 Å². The van der Waals surface area contributed by atoms with E-state index in [4.69, 9.17) is 9.26 Å². The first-order valence-electron chi connectivity index (χ1n) is 8.51. The summed E-state index contributed by atoms with van der Waals surface area (Å²) in [6.45, 7) is 6.68. The van der Waals surface area contributed by atoms with Crippen LogP contribution in [0.25, 0.3) is 0 Å². The summed E-state index contributed by atoms with van der Waals surface area (Å²) >= 11 is 0. The lowest BCUT2D eigenvalue weighted by molar-refractivity contribution is 0.0951. The van der Waals surface area contributed by atoms with Crippen LogP contribution in [-0.4, -0.2) is 11.1 Å². The van der Waals surface area contributed by atoms with Crippen LogP contribution in [0, 0.1) is 20.8 Å². The molecule has 0 fully saturated rings. The summed E-state index contributed by atoms with van der Waals surface area (Å²) < 4.78 is 10.9. The van der Waals surface area contributed by atoms with Gasteiger partial charge in [0.1, 0.15) is 18.1 Å². The van der Waals surface area contributed by atoms with Crippen LogP contribution in [0.2, 0.25) is 0 Å². The maximum atomic E-state index is 12.3. The van der Waals surface area contributed by atoms with Crippen LogP contribution >= 0.6 is 0 Å². The molecular formula is C21H22N2O3. The molecule has 0 aliphatic heterocycles. The van der Waals surface area contributed by atoms with E-state index in [-0.39, 0.29) is 5.91 Å². The van der Waals surface area contributed by atoms with Crippen molar-refractivity contribution in [3.8, 4) is 5.75 Å². The zero-order valence-corrected chi connectivity index (χ0v) is 15.2. The van der Waals surface area contributed by atoms with Crippen LogP contribution in [0.5, 0.6) is 5.75 Å². The lowest BCUT2D eigenvalue weighted by Crippen LogP contribution is -2.22. The van der Waals surface area contributed by atoms with Gasteiger partial charge in [-0.2, -0.15) is 0 Å². The fourth-order valence-corrected chi connectivity index (χ4v) is 2.56. The molecule has 0 saturated heterocycles. The van der Waals surface area contributed by atoms with E-state index in [9.17, 15) is 4.79 Å². The van der Waals surface area contributed by atoms with Gasteiger partial charge in [0.15, 0.2) is 0 Å². The van der Waals surface area contributed by atoms with Gasteiger partial charge in [0.2, 0.25) is 0 Å². The maximum Gasteiger partial charge on any atom is 0.251 e. The van der Waals surface area contributed by atoms with E-state index in [2.05, 4.69) is 10.5 Å². The Morgan fingerprint density at radius 2 is 1.73 bits per heavy atom. The molecule has 0 bridgehead atoms. The first-order valence-corrected chi connectivity index (χ1v) is 8.51. The van der Waals surface area contributed by atoms with Crippen molar-refractivity contribution in [3.05, 3.63) is 82.2 Å². The zero-order valence-electron chi connectivity index (χ0n) is 15.2. The van der Waals surface area contributed by atoms with Gasteiger partial charge >= 0.3 is 0 Å². The van der Waals surface area contributed by atoms with Crippen molar-refractivity contribution in [2.75, 3.05) is 0 Å². The molecule has 1 aromatic heterocycles. The number of hydrogen-bond acceptors (Lipinski definition) is 4. The summed E-state index contributed by atoms with van der Waals surface area (Å²) in [5.74, 6) is 1.34. The minimum absolute atomic E-state index is 0.108. The van der Waals surface area contributed by atoms with Crippen molar-refractivity contribution in [2.45, 2.75) is 33.9 Å². The second kappa shape index (κ2) is 7.87. The molecule has 0 aliphatic rings. The predicted octanol–water partition coefficient (Wildman–Crippen LogP) is 4.11. The average molecular weight is 350 g/mol. The topological polar surface area (TPSA) is 64.4 Å². The minimum Gasteiger partial charge on any atom is -0.489 e. The molecule has 3 aromatic rings. The molecule has 0 spiro atoms. The van der Waals surface area contributed by atoms with E-state index in [1.165, 1.54) is 5.56 Å². The van der Waals surface area contributed by atoms with Crippen LogP contribution in [-0.2, 0) is 13.2 Å². The van der Waals surface area contributed by atoms with Gasteiger partial charge in [-0.25, -0.2) is 0 Å². The largest absolute Gasteiger partial charge is 0.489 e. The Balaban J connectivity index is 1.55. The number of nitrogens with one attached hydrogen (secondary N) is 1. The van der Waals surface area contributed by atoms with Crippen LogP contribution in [0.15, 0.2) is 53.1 Å². The second-order valence-electron chi connectivity index (χ2n) is 6.28. The number of hydrogen-bond donors (Lipinski definition) is 1. The molecule has 5 heteroatoms. The van der Waals surface area contributed by atoms with Gasteiger partial charge in [-0.05, 0) is 50.6 Å². The predicted molar refractivity (Wildman–Crippen MR) is 99.1 cm³/mol. The lowest BCUT2D eigenvalue weighted by Gasteiger charge is -2.08. The first kappa shape index (κ1) is 17.7. The minimum atomic E-state index is -0.108. The number of rotatable bonds is 6. The number of ether oxygens (including phenoxy) is 1. The van der Waals surface area contributed by atoms with Gasteiger partial charge in [-0.3, -0.25) is 4.79 Å². The molecule has 3 rings (SSSR count). The fourth-order valence-electron chi connectivity index (χ4n) is 2.56. The second-order valence-corrected chi connectivity index (χ2v) is 6.28. The van der Waals surface area contributed by atoms with Crippen molar-refractivity contribution in [2.24, 2.45) is 0 Å². The van der Waals surface area contributed by atoms with Gasteiger partial charge in [0, 0.05) is 12.1 Å². The van der Waals surface area contributed by atoms with Crippen LogP contribution in [0.4, 0.5) is 0 Å². The Hall–Kier alpha value is -3.08. The van der Waals surface area contributed by atoms with Gasteiger partial charge in [0.25, 0.3) is 5.91 Å². The molecule has 1 N–H and O–H groups in total. The van der Waals surface area contributed by atoms with E-state index in [1.807, 2.05) is 45.0 Å². The molecule has 26 heavy (non-hydrogen) atoms. The van der Waals surface area contributed by atoms with E-state index >= 15 is 0 Å². The molecule has 1 heterocycles. The van der Waals surface area contributed by atoms with Crippen molar-refractivity contribution in [3.63, 3.8) is 0 Å². The number of nitrogens with zero attached hydrogens (tertiary/aromatic N) is 1. The maximum absolute atomic E-state index is 12.3. The van der Waals surface area contributed by atoms with E-state index < -0.39 is 0 Å². The number of amides is 1. The van der Waals surface area contributed by atoms with E-state index in [0.29, 0.717) is 24.5 Å². The van der Waals surface area contributed by atoms with Crippen LogP contribution in [0.3, 0.4) is 0 Å². The Kier molecular flexibility index (Phi) is 5.37.